The number of alkyl halides is 10. The zero-order valence-corrected chi connectivity index (χ0v) is 7.50. The summed E-state index contributed by atoms with van der Waals surface area (Å²) in [5, 5.41) is 0. The Morgan fingerprint density at radius 1 is 0.588 bits per heavy atom. The molecule has 17 heavy (non-hydrogen) atoms. The molecule has 0 aliphatic rings. The van der Waals surface area contributed by atoms with Gasteiger partial charge in [0, 0.05) is 0 Å². The summed E-state index contributed by atoms with van der Waals surface area (Å²) in [5.41, 5.74) is 0. The molecule has 0 aliphatic heterocycles. The summed E-state index contributed by atoms with van der Waals surface area (Å²) in [6.07, 6.45) is -29.4. The molecule has 0 saturated carbocycles. The van der Waals surface area contributed by atoms with Gasteiger partial charge in [0.25, 0.3) is 25.2 Å². The molecule has 0 spiro atoms. The van der Waals surface area contributed by atoms with Crippen LogP contribution in [0.1, 0.15) is 0 Å². The molecule has 2 unspecified atom stereocenters. The van der Waals surface area contributed by atoms with Crippen LogP contribution in [0.2, 0.25) is 0 Å². The number of ether oxygens (including phenoxy) is 1. The van der Waals surface area contributed by atoms with Crippen LogP contribution in [-0.2, 0) is 4.74 Å². The Morgan fingerprint density at radius 3 is 1.00 bits per heavy atom. The minimum Gasteiger partial charge on any atom is -0.250 e. The molecule has 2 atom stereocenters. The molecule has 0 N–H and O–H groups in total. The lowest BCUT2D eigenvalue weighted by atomic mass is 10.3. The van der Waals surface area contributed by atoms with E-state index in [-0.39, 0.29) is 0 Å². The van der Waals surface area contributed by atoms with Gasteiger partial charge in [0.05, 0.1) is 0 Å². The number of hydrogen-bond acceptors (Lipinski definition) is 1. The second-order valence-corrected chi connectivity index (χ2v) is 2.70. The number of halogens is 10. The second-order valence-electron chi connectivity index (χ2n) is 2.70. The third-order valence-electron chi connectivity index (χ3n) is 1.36. The maximum atomic E-state index is 12.2. The van der Waals surface area contributed by atoms with E-state index >= 15 is 0 Å². The smallest absolute Gasteiger partial charge is 0.250 e. The van der Waals surface area contributed by atoms with Crippen molar-refractivity contribution in [2.45, 2.75) is 37.4 Å². The second kappa shape index (κ2) is 5.27. The Balaban J connectivity index is 4.81. The predicted molar refractivity (Wildman–Crippen MR) is 32.8 cm³/mol. The first-order chi connectivity index (χ1) is 7.42. The molecule has 0 heterocycles. The van der Waals surface area contributed by atoms with Gasteiger partial charge in [-0.15, -0.1) is 0 Å². The monoisotopic (exact) mass is 282 g/mol. The number of rotatable bonds is 6. The molecule has 0 radical (unpaired) electrons. The van der Waals surface area contributed by atoms with Crippen molar-refractivity contribution in [1.29, 1.82) is 0 Å². The van der Waals surface area contributed by atoms with Gasteiger partial charge in [0.2, 0.25) is 0 Å². The summed E-state index contributed by atoms with van der Waals surface area (Å²) >= 11 is 0. The van der Waals surface area contributed by atoms with E-state index in [0.29, 0.717) is 0 Å². The van der Waals surface area contributed by atoms with Crippen molar-refractivity contribution in [3.63, 3.8) is 0 Å². The average Bonchev–Trinajstić information content (AvgIpc) is 2.13. The Bertz CT molecular complexity index is 217. The van der Waals surface area contributed by atoms with Gasteiger partial charge in [-0.05, 0) is 0 Å². The van der Waals surface area contributed by atoms with Gasteiger partial charge in [0.15, 0.2) is 0 Å². The van der Waals surface area contributed by atoms with Gasteiger partial charge >= 0.3 is 12.2 Å². The fourth-order valence-electron chi connectivity index (χ4n) is 0.587. The maximum Gasteiger partial charge on any atom is 0.397 e. The van der Waals surface area contributed by atoms with Crippen molar-refractivity contribution in [1.82, 2.24) is 0 Å². The van der Waals surface area contributed by atoms with E-state index in [1.807, 2.05) is 0 Å². The molecule has 0 aromatic rings. The zero-order chi connectivity index (χ0) is 14.0. The first-order valence-corrected chi connectivity index (χ1v) is 3.72. The largest absolute Gasteiger partial charge is 0.397 e. The molecule has 0 aliphatic carbocycles. The standard InChI is InChI=1S/C6H4F10O/c7-1(3(9)10)5(13,14)17-6(15,16)2(8)4(11)12/h1-4H. The summed E-state index contributed by atoms with van der Waals surface area (Å²) < 4.78 is 121. The molecule has 1 nitrogen and oxygen atoms in total. The van der Waals surface area contributed by atoms with Crippen molar-refractivity contribution in [3.8, 4) is 0 Å². The third-order valence-corrected chi connectivity index (χ3v) is 1.36. The van der Waals surface area contributed by atoms with Crippen molar-refractivity contribution in [2.75, 3.05) is 0 Å². The van der Waals surface area contributed by atoms with Crippen LogP contribution in [0.15, 0.2) is 0 Å². The van der Waals surface area contributed by atoms with Gasteiger partial charge < -0.3 is 0 Å². The van der Waals surface area contributed by atoms with Crippen molar-refractivity contribution >= 4 is 0 Å². The van der Waals surface area contributed by atoms with Crippen LogP contribution in [-0.4, -0.2) is 37.4 Å². The molecular weight excluding hydrogens is 278 g/mol. The first-order valence-electron chi connectivity index (χ1n) is 3.72. The minimum atomic E-state index is -5.81. The van der Waals surface area contributed by atoms with Gasteiger partial charge in [0.1, 0.15) is 0 Å². The molecule has 0 bridgehead atoms. The van der Waals surface area contributed by atoms with Crippen LogP contribution in [0.25, 0.3) is 0 Å². The quantitative estimate of drug-likeness (QED) is 0.678. The van der Waals surface area contributed by atoms with E-state index in [4.69, 9.17) is 0 Å². The Hall–Kier alpha value is -0.740. The lowest BCUT2D eigenvalue weighted by Crippen LogP contribution is -2.48. The highest BCUT2D eigenvalue weighted by Gasteiger charge is 2.59. The highest BCUT2D eigenvalue weighted by atomic mass is 19.3. The van der Waals surface area contributed by atoms with Crippen LogP contribution < -0.4 is 0 Å². The van der Waals surface area contributed by atoms with Gasteiger partial charge in [-0.3, -0.25) is 4.74 Å². The molecule has 104 valence electrons. The van der Waals surface area contributed by atoms with Gasteiger partial charge in [-0.1, -0.05) is 0 Å². The zero-order valence-electron chi connectivity index (χ0n) is 7.50. The maximum absolute atomic E-state index is 12.2. The predicted octanol–water partition coefficient (Wildman–Crippen LogP) is 3.40. The van der Waals surface area contributed by atoms with E-state index in [1.165, 1.54) is 0 Å². The minimum absolute atomic E-state index is 2.09. The lowest BCUT2D eigenvalue weighted by molar-refractivity contribution is -0.417. The summed E-state index contributed by atoms with van der Waals surface area (Å²) in [7, 11) is 0. The highest BCUT2D eigenvalue weighted by molar-refractivity contribution is 4.76. The fourth-order valence-corrected chi connectivity index (χ4v) is 0.587. The van der Waals surface area contributed by atoms with Crippen molar-refractivity contribution in [3.05, 3.63) is 0 Å². The van der Waals surface area contributed by atoms with E-state index < -0.39 is 37.4 Å². The first kappa shape index (κ1) is 16.3. The molecule has 0 amide bonds. The normalized spacial score (nSPS) is 17.6. The molecule has 0 aromatic carbocycles. The van der Waals surface area contributed by atoms with E-state index in [1.54, 1.807) is 0 Å². The highest BCUT2D eigenvalue weighted by Crippen LogP contribution is 2.37. The molecular formula is C6H4F10O. The summed E-state index contributed by atoms with van der Waals surface area (Å²) in [5.74, 6) is 0. The molecule has 0 rings (SSSR count). The summed E-state index contributed by atoms with van der Waals surface area (Å²) in [6, 6.07) is 0. The van der Waals surface area contributed by atoms with Crippen LogP contribution in [0.4, 0.5) is 43.9 Å². The van der Waals surface area contributed by atoms with Crippen molar-refractivity contribution in [2.24, 2.45) is 0 Å². The van der Waals surface area contributed by atoms with Crippen molar-refractivity contribution < 1.29 is 48.6 Å². The summed E-state index contributed by atoms with van der Waals surface area (Å²) in [4.78, 5) is 0. The SMILES string of the molecule is FC(F)C(F)C(F)(F)OC(F)(F)C(F)C(F)F. The average molecular weight is 282 g/mol. The molecule has 0 aromatic heterocycles. The van der Waals surface area contributed by atoms with Crippen LogP contribution in [0, 0.1) is 0 Å². The van der Waals surface area contributed by atoms with Crippen LogP contribution in [0.3, 0.4) is 0 Å². The summed E-state index contributed by atoms with van der Waals surface area (Å²) in [6.45, 7) is 0. The van der Waals surface area contributed by atoms with E-state index in [9.17, 15) is 43.9 Å². The number of hydrogen-bond donors (Lipinski definition) is 0. The third kappa shape index (κ3) is 4.21. The van der Waals surface area contributed by atoms with Gasteiger partial charge in [-0.2, -0.15) is 17.6 Å². The molecule has 0 saturated heterocycles. The van der Waals surface area contributed by atoms with Crippen LogP contribution in [0.5, 0.6) is 0 Å². The fraction of sp³-hybridized carbons (Fsp3) is 1.00. The molecule has 0 fully saturated rings. The molecule has 11 heteroatoms. The Morgan fingerprint density at radius 2 is 0.824 bits per heavy atom. The van der Waals surface area contributed by atoms with E-state index in [2.05, 4.69) is 4.74 Å². The van der Waals surface area contributed by atoms with Gasteiger partial charge in [-0.25, -0.2) is 26.3 Å². The topological polar surface area (TPSA) is 9.23 Å². The van der Waals surface area contributed by atoms with Crippen LogP contribution >= 0.6 is 0 Å². The lowest BCUT2D eigenvalue weighted by Gasteiger charge is -2.27. The Kier molecular flexibility index (Phi) is 5.04. The Labute approximate surface area is 87.3 Å². The van der Waals surface area contributed by atoms with E-state index in [0.717, 1.165) is 0 Å².